The number of aromatic nitrogens is 2. The van der Waals surface area contributed by atoms with Crippen molar-refractivity contribution in [2.45, 2.75) is 26.7 Å². The first-order valence-electron chi connectivity index (χ1n) is 10.5. The van der Waals surface area contributed by atoms with Crippen LogP contribution in [0.1, 0.15) is 23.3 Å². The van der Waals surface area contributed by atoms with Crippen molar-refractivity contribution in [1.29, 1.82) is 0 Å². The molecule has 0 saturated carbocycles. The van der Waals surface area contributed by atoms with Crippen molar-refractivity contribution in [3.05, 3.63) is 16.8 Å². The molecular formula is C21H29N5O3S. The average Bonchev–Trinajstić information content (AvgIpc) is 3.07. The number of ether oxygens (including phenoxy) is 1. The molecule has 162 valence electrons. The Balaban J connectivity index is 1.36. The Morgan fingerprint density at radius 2 is 1.87 bits per heavy atom. The second-order valence-corrected chi connectivity index (χ2v) is 9.31. The highest BCUT2D eigenvalue weighted by atomic mass is 32.1. The summed E-state index contributed by atoms with van der Waals surface area (Å²) in [5.41, 5.74) is 1.24. The molecule has 0 atom stereocenters. The quantitative estimate of drug-likeness (QED) is 0.735. The van der Waals surface area contributed by atoms with Gasteiger partial charge in [0.1, 0.15) is 17.0 Å². The van der Waals surface area contributed by atoms with Crippen LogP contribution in [0.2, 0.25) is 0 Å². The fourth-order valence-electron chi connectivity index (χ4n) is 4.25. The number of nitrogens with zero attached hydrogens (tertiary/aromatic N) is 5. The Morgan fingerprint density at radius 3 is 2.57 bits per heavy atom. The van der Waals surface area contributed by atoms with E-state index in [9.17, 15) is 9.59 Å². The third-order valence-corrected chi connectivity index (χ3v) is 7.32. The zero-order valence-electron chi connectivity index (χ0n) is 17.9. The first-order valence-corrected chi connectivity index (χ1v) is 11.3. The van der Waals surface area contributed by atoms with Crippen LogP contribution in [-0.4, -0.2) is 84.6 Å². The van der Waals surface area contributed by atoms with E-state index in [1.165, 1.54) is 10.4 Å². The monoisotopic (exact) mass is 431 g/mol. The lowest BCUT2D eigenvalue weighted by atomic mass is 9.95. The maximum absolute atomic E-state index is 12.9. The Hall–Kier alpha value is -2.26. The normalized spacial score (nSPS) is 18.1. The summed E-state index contributed by atoms with van der Waals surface area (Å²) in [4.78, 5) is 42.3. The second kappa shape index (κ2) is 8.85. The van der Waals surface area contributed by atoms with Gasteiger partial charge in [0.25, 0.3) is 0 Å². The molecule has 0 N–H and O–H groups in total. The molecule has 30 heavy (non-hydrogen) atoms. The Labute approximate surface area is 180 Å². The standard InChI is InChI=1S/C21H29N5O3S/c1-14-15(2)30-20-18(14)19(22-13-23-20)26-6-4-16(5-7-26)21(28)24(3)12-17(27)25-8-10-29-11-9-25/h13,16H,4-12H2,1-3H3. The van der Waals surface area contributed by atoms with E-state index in [1.54, 1.807) is 34.5 Å². The summed E-state index contributed by atoms with van der Waals surface area (Å²) in [7, 11) is 1.73. The predicted octanol–water partition coefficient (Wildman–Crippen LogP) is 1.84. The number of hydrogen-bond acceptors (Lipinski definition) is 7. The minimum absolute atomic E-state index is 0.00161. The van der Waals surface area contributed by atoms with Gasteiger partial charge in [0.05, 0.1) is 25.1 Å². The smallest absolute Gasteiger partial charge is 0.242 e. The third kappa shape index (κ3) is 4.13. The number of fused-ring (bicyclic) bond motifs is 1. The summed E-state index contributed by atoms with van der Waals surface area (Å²) in [6, 6.07) is 0. The van der Waals surface area contributed by atoms with Crippen LogP contribution in [0.5, 0.6) is 0 Å². The Kier molecular flexibility index (Phi) is 6.19. The van der Waals surface area contributed by atoms with Crippen molar-refractivity contribution < 1.29 is 14.3 Å². The average molecular weight is 432 g/mol. The molecule has 2 aromatic heterocycles. The van der Waals surface area contributed by atoms with E-state index >= 15 is 0 Å². The lowest BCUT2D eigenvalue weighted by Gasteiger charge is -2.34. The van der Waals surface area contributed by atoms with Crippen LogP contribution in [0.25, 0.3) is 10.2 Å². The number of thiophene rings is 1. The van der Waals surface area contributed by atoms with Crippen molar-refractivity contribution in [1.82, 2.24) is 19.8 Å². The highest BCUT2D eigenvalue weighted by Crippen LogP contribution is 2.35. The fourth-order valence-corrected chi connectivity index (χ4v) is 5.24. The first-order chi connectivity index (χ1) is 14.5. The lowest BCUT2D eigenvalue weighted by Crippen LogP contribution is -2.48. The largest absolute Gasteiger partial charge is 0.378 e. The van der Waals surface area contributed by atoms with Crippen LogP contribution in [-0.2, 0) is 14.3 Å². The number of piperidine rings is 1. The third-order valence-electron chi connectivity index (χ3n) is 6.20. The number of carbonyl (C=O) groups excluding carboxylic acids is 2. The highest BCUT2D eigenvalue weighted by Gasteiger charge is 2.30. The molecule has 0 radical (unpaired) electrons. The molecule has 2 saturated heterocycles. The van der Waals surface area contributed by atoms with Gasteiger partial charge in [-0.3, -0.25) is 9.59 Å². The predicted molar refractivity (Wildman–Crippen MR) is 117 cm³/mol. The number of anilines is 1. The molecule has 2 fully saturated rings. The highest BCUT2D eigenvalue weighted by molar-refractivity contribution is 7.18. The van der Waals surface area contributed by atoms with E-state index in [4.69, 9.17) is 4.74 Å². The van der Waals surface area contributed by atoms with Gasteiger partial charge in [-0.15, -0.1) is 11.3 Å². The van der Waals surface area contributed by atoms with E-state index < -0.39 is 0 Å². The molecule has 2 aliphatic heterocycles. The Morgan fingerprint density at radius 1 is 1.17 bits per heavy atom. The minimum atomic E-state index is -0.0497. The topological polar surface area (TPSA) is 78.9 Å². The molecular weight excluding hydrogens is 402 g/mol. The van der Waals surface area contributed by atoms with Crippen LogP contribution in [0.15, 0.2) is 6.33 Å². The van der Waals surface area contributed by atoms with E-state index in [1.807, 2.05) is 0 Å². The number of hydrogen-bond donors (Lipinski definition) is 0. The van der Waals surface area contributed by atoms with Gasteiger partial charge < -0.3 is 19.4 Å². The molecule has 0 spiro atoms. The van der Waals surface area contributed by atoms with Gasteiger partial charge in [-0.25, -0.2) is 9.97 Å². The van der Waals surface area contributed by atoms with E-state index in [0.29, 0.717) is 26.3 Å². The second-order valence-electron chi connectivity index (χ2n) is 8.11. The van der Waals surface area contributed by atoms with Crippen molar-refractivity contribution in [2.75, 3.05) is 57.9 Å². The number of rotatable bonds is 4. The Bertz CT molecular complexity index is 932. The van der Waals surface area contributed by atoms with Gasteiger partial charge in [-0.2, -0.15) is 0 Å². The zero-order valence-corrected chi connectivity index (χ0v) is 18.7. The number of morpholine rings is 1. The van der Waals surface area contributed by atoms with Crippen molar-refractivity contribution in [3.63, 3.8) is 0 Å². The van der Waals surface area contributed by atoms with Gasteiger partial charge in [0.2, 0.25) is 11.8 Å². The molecule has 2 aromatic rings. The van der Waals surface area contributed by atoms with Crippen molar-refractivity contribution in [3.8, 4) is 0 Å². The molecule has 8 nitrogen and oxygen atoms in total. The van der Waals surface area contributed by atoms with Crippen molar-refractivity contribution in [2.24, 2.45) is 5.92 Å². The zero-order chi connectivity index (χ0) is 21.3. The SMILES string of the molecule is Cc1sc2ncnc(N3CCC(C(=O)N(C)CC(=O)N4CCOCC4)CC3)c2c1C. The summed E-state index contributed by atoms with van der Waals surface area (Å²) < 4.78 is 5.29. The van der Waals surface area contributed by atoms with Crippen LogP contribution in [0.4, 0.5) is 5.82 Å². The number of amides is 2. The van der Waals surface area contributed by atoms with Gasteiger partial charge in [0, 0.05) is 44.0 Å². The number of aryl methyl sites for hydroxylation is 2. The van der Waals surface area contributed by atoms with Gasteiger partial charge in [-0.1, -0.05) is 0 Å². The van der Waals surface area contributed by atoms with Gasteiger partial charge >= 0.3 is 0 Å². The summed E-state index contributed by atoms with van der Waals surface area (Å²) >= 11 is 1.70. The van der Waals surface area contributed by atoms with Gasteiger partial charge in [0.15, 0.2) is 0 Å². The van der Waals surface area contributed by atoms with Crippen LogP contribution >= 0.6 is 11.3 Å². The maximum atomic E-state index is 12.9. The molecule has 0 unspecified atom stereocenters. The molecule has 0 bridgehead atoms. The first kappa shape index (κ1) is 21.0. The molecule has 0 aromatic carbocycles. The molecule has 2 aliphatic rings. The number of likely N-dealkylation sites (N-methyl/N-ethyl adjacent to an activating group) is 1. The summed E-state index contributed by atoms with van der Waals surface area (Å²) in [5, 5.41) is 1.14. The maximum Gasteiger partial charge on any atom is 0.242 e. The number of carbonyl (C=O) groups is 2. The molecule has 0 aliphatic carbocycles. The van der Waals surface area contributed by atoms with Crippen molar-refractivity contribution >= 4 is 39.2 Å². The summed E-state index contributed by atoms with van der Waals surface area (Å²) in [6.07, 6.45) is 3.17. The molecule has 9 heteroatoms. The lowest BCUT2D eigenvalue weighted by molar-refractivity contribution is -0.144. The van der Waals surface area contributed by atoms with Crippen LogP contribution < -0.4 is 4.90 Å². The fraction of sp³-hybridized carbons (Fsp3) is 0.619. The summed E-state index contributed by atoms with van der Waals surface area (Å²) in [5.74, 6) is 0.986. The molecule has 4 heterocycles. The van der Waals surface area contributed by atoms with E-state index in [-0.39, 0.29) is 24.3 Å². The molecule has 2 amide bonds. The van der Waals surface area contributed by atoms with Crippen LogP contribution in [0, 0.1) is 19.8 Å². The minimum Gasteiger partial charge on any atom is -0.378 e. The van der Waals surface area contributed by atoms with E-state index in [2.05, 4.69) is 28.7 Å². The molecule has 4 rings (SSSR count). The van der Waals surface area contributed by atoms with E-state index in [0.717, 1.165) is 42.0 Å². The summed E-state index contributed by atoms with van der Waals surface area (Å²) in [6.45, 7) is 8.29. The van der Waals surface area contributed by atoms with Gasteiger partial charge in [-0.05, 0) is 32.3 Å². The van der Waals surface area contributed by atoms with Crippen LogP contribution in [0.3, 0.4) is 0 Å².